The molecule has 0 saturated carbocycles. The molecule has 1 N–H and O–H groups in total. The number of benzene rings is 1. The SMILES string of the molecule is COc1ccc(CN2CC(C)(C(=O)O)OCC2=O)cc1. The van der Waals surface area contributed by atoms with Gasteiger partial charge in [0.15, 0.2) is 5.60 Å². The first-order valence-corrected chi connectivity index (χ1v) is 6.23. The van der Waals surface area contributed by atoms with Gasteiger partial charge in [-0.2, -0.15) is 0 Å². The molecule has 108 valence electrons. The van der Waals surface area contributed by atoms with Crippen LogP contribution in [0, 0.1) is 0 Å². The molecule has 1 heterocycles. The van der Waals surface area contributed by atoms with Crippen LogP contribution in [-0.2, 0) is 20.9 Å². The van der Waals surface area contributed by atoms with E-state index in [2.05, 4.69) is 0 Å². The summed E-state index contributed by atoms with van der Waals surface area (Å²) in [6.07, 6.45) is 0. The van der Waals surface area contributed by atoms with E-state index < -0.39 is 11.6 Å². The summed E-state index contributed by atoms with van der Waals surface area (Å²) in [7, 11) is 1.58. The van der Waals surface area contributed by atoms with Gasteiger partial charge in [0.25, 0.3) is 0 Å². The quantitative estimate of drug-likeness (QED) is 0.886. The lowest BCUT2D eigenvalue weighted by molar-refractivity contribution is -0.182. The lowest BCUT2D eigenvalue weighted by Crippen LogP contribution is -2.56. The zero-order valence-electron chi connectivity index (χ0n) is 11.5. The molecule has 6 heteroatoms. The fourth-order valence-corrected chi connectivity index (χ4v) is 2.04. The van der Waals surface area contributed by atoms with Gasteiger partial charge in [-0.1, -0.05) is 12.1 Å². The largest absolute Gasteiger partial charge is 0.497 e. The number of carboxylic acid groups (broad SMARTS) is 1. The van der Waals surface area contributed by atoms with Gasteiger partial charge in [0.2, 0.25) is 5.91 Å². The van der Waals surface area contributed by atoms with Gasteiger partial charge in [0, 0.05) is 6.54 Å². The summed E-state index contributed by atoms with van der Waals surface area (Å²) in [6, 6.07) is 7.30. The van der Waals surface area contributed by atoms with Crippen LogP contribution in [0.15, 0.2) is 24.3 Å². The number of hydrogen-bond donors (Lipinski definition) is 1. The van der Waals surface area contributed by atoms with Crippen molar-refractivity contribution >= 4 is 11.9 Å². The zero-order chi connectivity index (χ0) is 14.8. The number of hydrogen-bond acceptors (Lipinski definition) is 4. The Hall–Kier alpha value is -2.08. The van der Waals surface area contributed by atoms with Crippen LogP contribution in [0.2, 0.25) is 0 Å². The third kappa shape index (κ3) is 2.91. The van der Waals surface area contributed by atoms with Gasteiger partial charge in [0.1, 0.15) is 12.4 Å². The van der Waals surface area contributed by atoms with Gasteiger partial charge in [-0.25, -0.2) is 4.79 Å². The van der Waals surface area contributed by atoms with Crippen LogP contribution < -0.4 is 4.74 Å². The van der Waals surface area contributed by atoms with Gasteiger partial charge in [-0.05, 0) is 24.6 Å². The summed E-state index contributed by atoms with van der Waals surface area (Å²) in [5.74, 6) is -0.540. The maximum absolute atomic E-state index is 11.8. The van der Waals surface area contributed by atoms with Gasteiger partial charge in [0.05, 0.1) is 13.7 Å². The van der Waals surface area contributed by atoms with E-state index in [-0.39, 0.29) is 19.1 Å². The van der Waals surface area contributed by atoms with Crippen molar-refractivity contribution in [3.8, 4) is 5.75 Å². The molecule has 1 saturated heterocycles. The van der Waals surface area contributed by atoms with Gasteiger partial charge >= 0.3 is 5.97 Å². The van der Waals surface area contributed by atoms with Crippen molar-refractivity contribution in [3.63, 3.8) is 0 Å². The maximum atomic E-state index is 11.8. The van der Waals surface area contributed by atoms with Crippen LogP contribution in [0.4, 0.5) is 0 Å². The lowest BCUT2D eigenvalue weighted by atomic mass is 10.0. The number of rotatable bonds is 4. The average molecular weight is 279 g/mol. The molecule has 0 radical (unpaired) electrons. The van der Waals surface area contributed by atoms with E-state index in [4.69, 9.17) is 14.6 Å². The van der Waals surface area contributed by atoms with E-state index in [1.807, 2.05) is 12.1 Å². The Kier molecular flexibility index (Phi) is 3.94. The van der Waals surface area contributed by atoms with Crippen LogP contribution in [0.1, 0.15) is 12.5 Å². The summed E-state index contributed by atoms with van der Waals surface area (Å²) in [6.45, 7) is 1.66. The highest BCUT2D eigenvalue weighted by atomic mass is 16.5. The Morgan fingerprint density at radius 3 is 2.65 bits per heavy atom. The molecule has 0 aromatic heterocycles. The van der Waals surface area contributed by atoms with Crippen molar-refractivity contribution in [2.24, 2.45) is 0 Å². The van der Waals surface area contributed by atoms with E-state index in [9.17, 15) is 9.59 Å². The second-order valence-electron chi connectivity index (χ2n) is 4.92. The van der Waals surface area contributed by atoms with Crippen LogP contribution >= 0.6 is 0 Å². The maximum Gasteiger partial charge on any atom is 0.337 e. The molecule has 1 amide bonds. The van der Waals surface area contributed by atoms with Gasteiger partial charge in [-0.15, -0.1) is 0 Å². The van der Waals surface area contributed by atoms with Gasteiger partial charge < -0.3 is 19.5 Å². The fourth-order valence-electron chi connectivity index (χ4n) is 2.04. The minimum absolute atomic E-state index is 0.0349. The summed E-state index contributed by atoms with van der Waals surface area (Å²) < 4.78 is 10.2. The molecule has 0 bridgehead atoms. The van der Waals surface area contributed by atoms with Crippen molar-refractivity contribution in [1.29, 1.82) is 0 Å². The first-order valence-electron chi connectivity index (χ1n) is 6.23. The summed E-state index contributed by atoms with van der Waals surface area (Å²) >= 11 is 0. The number of methoxy groups -OCH3 is 1. The van der Waals surface area contributed by atoms with E-state index in [0.29, 0.717) is 6.54 Å². The second kappa shape index (κ2) is 5.50. The first-order chi connectivity index (χ1) is 9.44. The monoisotopic (exact) mass is 279 g/mol. The number of aliphatic carboxylic acids is 1. The molecule has 0 spiro atoms. The molecule has 1 unspecified atom stereocenters. The normalized spacial score (nSPS) is 22.7. The second-order valence-corrected chi connectivity index (χ2v) is 4.92. The highest BCUT2D eigenvalue weighted by molar-refractivity contribution is 5.83. The van der Waals surface area contributed by atoms with Crippen molar-refractivity contribution in [2.75, 3.05) is 20.3 Å². The third-order valence-corrected chi connectivity index (χ3v) is 3.34. The Labute approximate surface area is 116 Å². The lowest BCUT2D eigenvalue weighted by Gasteiger charge is -2.37. The van der Waals surface area contributed by atoms with Crippen LogP contribution in [0.25, 0.3) is 0 Å². The molecule has 0 aliphatic carbocycles. The fraction of sp³-hybridized carbons (Fsp3) is 0.429. The molecule has 1 atom stereocenters. The molecule has 1 aromatic rings. The minimum atomic E-state index is -1.35. The van der Waals surface area contributed by atoms with Crippen molar-refractivity contribution < 1.29 is 24.2 Å². The summed E-state index contributed by atoms with van der Waals surface area (Å²) in [5.41, 5.74) is -0.436. The summed E-state index contributed by atoms with van der Waals surface area (Å²) in [4.78, 5) is 24.5. The smallest absolute Gasteiger partial charge is 0.337 e. The van der Waals surface area contributed by atoms with Crippen LogP contribution in [0.5, 0.6) is 5.75 Å². The Balaban J connectivity index is 2.10. The minimum Gasteiger partial charge on any atom is -0.497 e. The average Bonchev–Trinajstić information content (AvgIpc) is 2.44. The molecule has 20 heavy (non-hydrogen) atoms. The predicted octanol–water partition coefficient (Wildman–Crippen LogP) is 0.897. The number of morpholine rings is 1. The number of carbonyl (C=O) groups excluding carboxylic acids is 1. The summed E-state index contributed by atoms with van der Waals surface area (Å²) in [5, 5.41) is 9.16. The van der Waals surface area contributed by atoms with Gasteiger partial charge in [-0.3, -0.25) is 4.79 Å². The topological polar surface area (TPSA) is 76.1 Å². The van der Waals surface area contributed by atoms with E-state index in [1.165, 1.54) is 11.8 Å². The Morgan fingerprint density at radius 2 is 2.10 bits per heavy atom. The molecule has 1 aromatic carbocycles. The molecular weight excluding hydrogens is 262 g/mol. The van der Waals surface area contributed by atoms with E-state index >= 15 is 0 Å². The zero-order valence-corrected chi connectivity index (χ0v) is 11.5. The molecule has 2 rings (SSSR count). The van der Waals surface area contributed by atoms with Crippen molar-refractivity contribution in [1.82, 2.24) is 4.90 Å². The van der Waals surface area contributed by atoms with E-state index in [1.54, 1.807) is 19.2 Å². The first kappa shape index (κ1) is 14.3. The number of carbonyl (C=O) groups is 2. The standard InChI is InChI=1S/C14H17NO5/c1-14(13(17)18)9-15(12(16)8-20-14)7-10-3-5-11(19-2)6-4-10/h3-6H,7-9H2,1-2H3,(H,17,18). The molecular formula is C14H17NO5. The van der Waals surface area contributed by atoms with Crippen molar-refractivity contribution in [2.45, 2.75) is 19.1 Å². The highest BCUT2D eigenvalue weighted by Crippen LogP contribution is 2.21. The molecule has 1 aliphatic heterocycles. The highest BCUT2D eigenvalue weighted by Gasteiger charge is 2.42. The van der Waals surface area contributed by atoms with E-state index in [0.717, 1.165) is 11.3 Å². The predicted molar refractivity (Wildman–Crippen MR) is 70.4 cm³/mol. The Bertz CT molecular complexity index is 513. The molecule has 1 aliphatic rings. The third-order valence-electron chi connectivity index (χ3n) is 3.34. The van der Waals surface area contributed by atoms with Crippen LogP contribution in [-0.4, -0.2) is 47.7 Å². The van der Waals surface area contributed by atoms with Crippen LogP contribution in [0.3, 0.4) is 0 Å². The number of ether oxygens (including phenoxy) is 2. The number of carboxylic acids is 1. The number of amides is 1. The molecule has 1 fully saturated rings. The number of nitrogens with zero attached hydrogens (tertiary/aromatic N) is 1. The Morgan fingerprint density at radius 1 is 1.45 bits per heavy atom. The van der Waals surface area contributed by atoms with Crippen molar-refractivity contribution in [3.05, 3.63) is 29.8 Å². The molecule has 6 nitrogen and oxygen atoms in total.